The number of amides is 2. The second-order valence-corrected chi connectivity index (χ2v) is 5.63. The lowest BCUT2D eigenvalue weighted by atomic mass is 10.2. The predicted octanol–water partition coefficient (Wildman–Crippen LogP) is 3.56. The molecule has 0 aliphatic heterocycles. The van der Waals surface area contributed by atoms with Crippen molar-refractivity contribution in [2.45, 2.75) is 6.92 Å². The molecule has 1 aromatic carbocycles. The van der Waals surface area contributed by atoms with Crippen LogP contribution in [0.4, 0.5) is 9.93 Å². The van der Waals surface area contributed by atoms with Gasteiger partial charge in [0.05, 0.1) is 5.69 Å². The lowest BCUT2D eigenvalue weighted by molar-refractivity contribution is 0.252. The van der Waals surface area contributed by atoms with Crippen molar-refractivity contribution in [1.82, 2.24) is 10.3 Å². The van der Waals surface area contributed by atoms with Gasteiger partial charge in [-0.15, -0.1) is 11.3 Å². The average Bonchev–Trinajstić information content (AvgIpc) is 2.78. The number of benzene rings is 1. The number of nitrogens with zero attached hydrogens (tertiary/aromatic N) is 1. The van der Waals surface area contributed by atoms with Crippen LogP contribution in [0, 0.1) is 3.57 Å². The highest BCUT2D eigenvalue weighted by Crippen LogP contribution is 2.25. The fourth-order valence-corrected chi connectivity index (χ4v) is 2.46. The molecule has 0 radical (unpaired) electrons. The van der Waals surface area contributed by atoms with Crippen LogP contribution in [0.25, 0.3) is 11.3 Å². The number of anilines is 1. The summed E-state index contributed by atoms with van der Waals surface area (Å²) in [5, 5.41) is 7.91. The van der Waals surface area contributed by atoms with Crippen LogP contribution in [0.2, 0.25) is 0 Å². The van der Waals surface area contributed by atoms with Gasteiger partial charge >= 0.3 is 6.03 Å². The van der Waals surface area contributed by atoms with E-state index in [1.165, 1.54) is 14.9 Å². The Morgan fingerprint density at radius 1 is 1.39 bits per heavy atom. The van der Waals surface area contributed by atoms with E-state index in [0.29, 0.717) is 11.7 Å². The van der Waals surface area contributed by atoms with Crippen molar-refractivity contribution in [2.24, 2.45) is 0 Å². The zero-order valence-electron chi connectivity index (χ0n) is 9.74. The summed E-state index contributed by atoms with van der Waals surface area (Å²) in [6.45, 7) is 2.47. The highest BCUT2D eigenvalue weighted by Gasteiger charge is 2.06. The molecule has 2 amide bonds. The Kier molecular flexibility index (Phi) is 4.54. The summed E-state index contributed by atoms with van der Waals surface area (Å²) < 4.78 is 1.19. The smallest absolute Gasteiger partial charge is 0.321 e. The minimum atomic E-state index is -0.221. The SMILES string of the molecule is CCNC(=O)Nc1nc(-c2ccc(I)cc2)cs1. The van der Waals surface area contributed by atoms with E-state index < -0.39 is 0 Å². The third-order valence-electron chi connectivity index (χ3n) is 2.20. The first-order valence-electron chi connectivity index (χ1n) is 5.45. The topological polar surface area (TPSA) is 54.0 Å². The number of hydrogen-bond acceptors (Lipinski definition) is 3. The van der Waals surface area contributed by atoms with E-state index in [0.717, 1.165) is 11.3 Å². The van der Waals surface area contributed by atoms with E-state index in [-0.39, 0.29) is 6.03 Å². The van der Waals surface area contributed by atoms with Crippen LogP contribution in [0.1, 0.15) is 6.92 Å². The Bertz CT molecular complexity index is 539. The first kappa shape index (κ1) is 13.3. The normalized spacial score (nSPS) is 10.1. The molecule has 0 atom stereocenters. The first-order chi connectivity index (χ1) is 8.69. The van der Waals surface area contributed by atoms with E-state index in [2.05, 4.69) is 38.2 Å². The van der Waals surface area contributed by atoms with Crippen LogP contribution in [0.5, 0.6) is 0 Å². The van der Waals surface area contributed by atoms with Crippen LogP contribution in [0.3, 0.4) is 0 Å². The molecular formula is C12H12IN3OS. The molecule has 1 aromatic heterocycles. The van der Waals surface area contributed by atoms with Crippen LogP contribution >= 0.6 is 33.9 Å². The molecule has 0 spiro atoms. The highest BCUT2D eigenvalue weighted by atomic mass is 127. The minimum Gasteiger partial charge on any atom is -0.338 e. The van der Waals surface area contributed by atoms with Crippen LogP contribution in [-0.2, 0) is 0 Å². The molecule has 0 saturated carbocycles. The number of urea groups is 1. The van der Waals surface area contributed by atoms with Crippen LogP contribution in [0.15, 0.2) is 29.6 Å². The number of hydrogen-bond donors (Lipinski definition) is 2. The Morgan fingerprint density at radius 2 is 2.11 bits per heavy atom. The van der Waals surface area contributed by atoms with E-state index in [9.17, 15) is 4.79 Å². The Morgan fingerprint density at radius 3 is 2.78 bits per heavy atom. The van der Waals surface area contributed by atoms with Gasteiger partial charge in [0.25, 0.3) is 0 Å². The van der Waals surface area contributed by atoms with Crippen molar-refractivity contribution >= 4 is 45.1 Å². The lowest BCUT2D eigenvalue weighted by Gasteiger charge is -2.01. The van der Waals surface area contributed by atoms with Crippen molar-refractivity contribution in [3.8, 4) is 11.3 Å². The molecule has 6 heteroatoms. The fourth-order valence-electron chi connectivity index (χ4n) is 1.39. The van der Waals surface area contributed by atoms with Gasteiger partial charge in [-0.1, -0.05) is 12.1 Å². The number of carbonyl (C=O) groups excluding carboxylic acids is 1. The third-order valence-corrected chi connectivity index (χ3v) is 3.68. The minimum absolute atomic E-state index is 0.221. The van der Waals surface area contributed by atoms with Gasteiger partial charge in [0.1, 0.15) is 0 Å². The van der Waals surface area contributed by atoms with Crippen molar-refractivity contribution < 1.29 is 4.79 Å². The average molecular weight is 373 g/mol. The quantitative estimate of drug-likeness (QED) is 0.809. The molecule has 1 heterocycles. The summed E-state index contributed by atoms with van der Waals surface area (Å²) in [5.41, 5.74) is 1.93. The lowest BCUT2D eigenvalue weighted by Crippen LogP contribution is -2.28. The van der Waals surface area contributed by atoms with Gasteiger partial charge in [0.15, 0.2) is 5.13 Å². The molecule has 18 heavy (non-hydrogen) atoms. The van der Waals surface area contributed by atoms with Crippen LogP contribution in [-0.4, -0.2) is 17.6 Å². The molecule has 0 bridgehead atoms. The highest BCUT2D eigenvalue weighted by molar-refractivity contribution is 14.1. The largest absolute Gasteiger partial charge is 0.338 e. The van der Waals surface area contributed by atoms with Crippen molar-refractivity contribution in [3.05, 3.63) is 33.2 Å². The molecule has 2 aromatic rings. The number of aromatic nitrogens is 1. The molecule has 0 saturated heterocycles. The second kappa shape index (κ2) is 6.14. The molecular weight excluding hydrogens is 361 g/mol. The Hall–Kier alpha value is -1.15. The maximum atomic E-state index is 11.3. The molecule has 4 nitrogen and oxygen atoms in total. The zero-order valence-corrected chi connectivity index (χ0v) is 12.7. The maximum absolute atomic E-state index is 11.3. The summed E-state index contributed by atoms with van der Waals surface area (Å²) >= 11 is 3.68. The Labute approximate surface area is 123 Å². The summed E-state index contributed by atoms with van der Waals surface area (Å²) in [6.07, 6.45) is 0. The fraction of sp³-hybridized carbons (Fsp3) is 0.167. The number of rotatable bonds is 3. The molecule has 0 fully saturated rings. The monoisotopic (exact) mass is 373 g/mol. The van der Waals surface area contributed by atoms with Gasteiger partial charge in [0.2, 0.25) is 0 Å². The third kappa shape index (κ3) is 3.42. The van der Waals surface area contributed by atoms with E-state index in [1.807, 2.05) is 36.6 Å². The number of carbonyl (C=O) groups is 1. The van der Waals surface area contributed by atoms with Gasteiger partial charge in [-0.2, -0.15) is 0 Å². The first-order valence-corrected chi connectivity index (χ1v) is 7.41. The summed E-state index contributed by atoms with van der Waals surface area (Å²) in [6, 6.07) is 7.89. The van der Waals surface area contributed by atoms with Crippen molar-refractivity contribution in [2.75, 3.05) is 11.9 Å². The number of thiazole rings is 1. The van der Waals surface area contributed by atoms with E-state index >= 15 is 0 Å². The van der Waals surface area contributed by atoms with Gasteiger partial charge < -0.3 is 5.32 Å². The predicted molar refractivity (Wildman–Crippen MR) is 83.0 cm³/mol. The molecule has 0 unspecified atom stereocenters. The molecule has 0 aliphatic rings. The van der Waals surface area contributed by atoms with E-state index in [4.69, 9.17) is 0 Å². The summed E-state index contributed by atoms with van der Waals surface area (Å²) in [7, 11) is 0. The van der Waals surface area contributed by atoms with Gasteiger partial charge in [-0.3, -0.25) is 5.32 Å². The molecule has 94 valence electrons. The van der Waals surface area contributed by atoms with Crippen LogP contribution < -0.4 is 10.6 Å². The van der Waals surface area contributed by atoms with Gasteiger partial charge in [-0.05, 0) is 41.6 Å². The number of halogens is 1. The summed E-state index contributed by atoms with van der Waals surface area (Å²) in [5.74, 6) is 0. The second-order valence-electron chi connectivity index (χ2n) is 3.53. The maximum Gasteiger partial charge on any atom is 0.321 e. The molecule has 2 rings (SSSR count). The standard InChI is InChI=1S/C12H12IN3OS/c1-2-14-11(17)16-12-15-10(7-18-12)8-3-5-9(13)6-4-8/h3-7H,2H2,1H3,(H2,14,15,16,17). The zero-order chi connectivity index (χ0) is 13.0. The van der Waals surface area contributed by atoms with E-state index in [1.54, 1.807) is 0 Å². The number of nitrogens with one attached hydrogen (secondary N) is 2. The van der Waals surface area contributed by atoms with Crippen molar-refractivity contribution in [1.29, 1.82) is 0 Å². The molecule has 0 aliphatic carbocycles. The van der Waals surface area contributed by atoms with Gasteiger partial charge in [-0.25, -0.2) is 9.78 Å². The molecule has 2 N–H and O–H groups in total. The summed E-state index contributed by atoms with van der Waals surface area (Å²) in [4.78, 5) is 15.7. The Balaban J connectivity index is 2.10. The van der Waals surface area contributed by atoms with Gasteiger partial charge in [0, 0.05) is 21.1 Å². The van der Waals surface area contributed by atoms with Crippen molar-refractivity contribution in [3.63, 3.8) is 0 Å².